The molecule has 104 valence electrons. The van der Waals surface area contributed by atoms with Gasteiger partial charge in [0, 0.05) is 25.5 Å². The quantitative estimate of drug-likeness (QED) is 0.676. The summed E-state index contributed by atoms with van der Waals surface area (Å²) >= 11 is 0. The lowest BCUT2D eigenvalue weighted by molar-refractivity contribution is -0.146. The van der Waals surface area contributed by atoms with Crippen LogP contribution in [0.3, 0.4) is 0 Å². The highest BCUT2D eigenvalue weighted by Crippen LogP contribution is 2.03. The Labute approximate surface area is 110 Å². The van der Waals surface area contributed by atoms with E-state index in [4.69, 9.17) is 10.2 Å². The summed E-state index contributed by atoms with van der Waals surface area (Å²) in [5.74, 6) is -1.36. The highest BCUT2D eigenvalue weighted by Gasteiger charge is 2.17. The van der Waals surface area contributed by atoms with Crippen molar-refractivity contribution < 1.29 is 19.8 Å². The van der Waals surface area contributed by atoms with E-state index >= 15 is 0 Å². The van der Waals surface area contributed by atoms with Crippen molar-refractivity contribution in [1.82, 2.24) is 15.2 Å². The summed E-state index contributed by atoms with van der Waals surface area (Å²) in [7, 11) is 0. The van der Waals surface area contributed by atoms with Gasteiger partial charge in [-0.2, -0.15) is 0 Å². The first-order chi connectivity index (χ1) is 9.04. The molecule has 0 fully saturated rings. The number of amides is 2. The molecule has 1 heterocycles. The van der Waals surface area contributed by atoms with Crippen molar-refractivity contribution in [2.24, 2.45) is 0 Å². The molecule has 0 bridgehead atoms. The largest absolute Gasteiger partial charge is 0.479 e. The molecule has 7 nitrogen and oxygen atoms in total. The molecule has 0 saturated carbocycles. The van der Waals surface area contributed by atoms with Gasteiger partial charge in [0.1, 0.15) is 0 Å². The lowest BCUT2D eigenvalue weighted by Crippen LogP contribution is -2.44. The summed E-state index contributed by atoms with van der Waals surface area (Å²) in [6.07, 6.45) is 1.67. The minimum Gasteiger partial charge on any atom is -0.479 e. The predicted octanol–water partition coefficient (Wildman–Crippen LogP) is 0.0586. The van der Waals surface area contributed by atoms with Crippen LogP contribution in [-0.4, -0.2) is 51.3 Å². The number of carbonyl (C=O) groups excluding carboxylic acids is 1. The van der Waals surface area contributed by atoms with Crippen LogP contribution in [0.5, 0.6) is 0 Å². The van der Waals surface area contributed by atoms with Crippen molar-refractivity contribution in [3.8, 4) is 0 Å². The van der Waals surface area contributed by atoms with Gasteiger partial charge >= 0.3 is 12.0 Å². The molecule has 0 aliphatic rings. The zero-order valence-corrected chi connectivity index (χ0v) is 10.6. The van der Waals surface area contributed by atoms with Gasteiger partial charge in [-0.15, -0.1) is 0 Å². The van der Waals surface area contributed by atoms with Gasteiger partial charge in [0.05, 0.1) is 6.54 Å². The molecule has 1 aromatic rings. The minimum atomic E-state index is -1.59. The van der Waals surface area contributed by atoms with Crippen LogP contribution in [0.15, 0.2) is 24.5 Å². The van der Waals surface area contributed by atoms with E-state index in [0.717, 1.165) is 5.56 Å². The smallest absolute Gasteiger partial charge is 0.334 e. The molecule has 7 heteroatoms. The summed E-state index contributed by atoms with van der Waals surface area (Å²) in [6.45, 7) is 2.36. The van der Waals surface area contributed by atoms with Gasteiger partial charge in [-0.05, 0) is 24.6 Å². The van der Waals surface area contributed by atoms with Crippen molar-refractivity contribution >= 4 is 12.0 Å². The van der Waals surface area contributed by atoms with E-state index in [1.807, 2.05) is 6.92 Å². The molecule has 1 atom stereocenters. The number of pyridine rings is 1. The van der Waals surface area contributed by atoms with Gasteiger partial charge in [-0.1, -0.05) is 0 Å². The van der Waals surface area contributed by atoms with Crippen LogP contribution in [0.2, 0.25) is 0 Å². The second-order valence-corrected chi connectivity index (χ2v) is 3.91. The van der Waals surface area contributed by atoms with E-state index in [1.54, 1.807) is 24.5 Å². The van der Waals surface area contributed by atoms with Gasteiger partial charge in [0.15, 0.2) is 6.10 Å². The molecule has 2 amide bonds. The Bertz CT molecular complexity index is 424. The maximum absolute atomic E-state index is 11.8. The molecule has 19 heavy (non-hydrogen) atoms. The third kappa shape index (κ3) is 4.92. The van der Waals surface area contributed by atoms with E-state index in [9.17, 15) is 9.59 Å². The van der Waals surface area contributed by atoms with Gasteiger partial charge < -0.3 is 20.4 Å². The number of nitrogens with zero attached hydrogens (tertiary/aromatic N) is 2. The van der Waals surface area contributed by atoms with Crippen molar-refractivity contribution in [3.05, 3.63) is 30.1 Å². The Kier molecular flexibility index (Phi) is 5.74. The molecule has 0 saturated heterocycles. The Balaban J connectivity index is 2.50. The maximum atomic E-state index is 11.8. The predicted molar refractivity (Wildman–Crippen MR) is 67.4 cm³/mol. The molecule has 0 unspecified atom stereocenters. The number of carboxylic acids is 1. The fourth-order valence-corrected chi connectivity index (χ4v) is 1.42. The second-order valence-electron chi connectivity index (χ2n) is 3.91. The molecular weight excluding hydrogens is 250 g/mol. The summed E-state index contributed by atoms with van der Waals surface area (Å²) < 4.78 is 0. The zero-order valence-electron chi connectivity index (χ0n) is 10.6. The Hall–Kier alpha value is -2.15. The van der Waals surface area contributed by atoms with E-state index < -0.39 is 18.1 Å². The van der Waals surface area contributed by atoms with Crippen LogP contribution < -0.4 is 5.32 Å². The minimum absolute atomic E-state index is 0.318. The molecule has 1 aromatic heterocycles. The number of nitrogens with one attached hydrogen (secondary N) is 1. The van der Waals surface area contributed by atoms with Crippen molar-refractivity contribution in [3.63, 3.8) is 0 Å². The monoisotopic (exact) mass is 267 g/mol. The number of urea groups is 1. The van der Waals surface area contributed by atoms with Gasteiger partial charge in [0.2, 0.25) is 0 Å². The standard InChI is InChI=1S/C12H17N3O4/c1-2-15(8-9-3-5-13-6-4-9)12(19)14-7-10(16)11(17)18/h3-6,10,16H,2,7-8H2,1H3,(H,14,19)(H,17,18)/t10-/m0/s1. The van der Waals surface area contributed by atoms with Gasteiger partial charge in [0.25, 0.3) is 0 Å². The fourth-order valence-electron chi connectivity index (χ4n) is 1.42. The third-order valence-electron chi connectivity index (χ3n) is 2.52. The number of carbonyl (C=O) groups is 2. The maximum Gasteiger partial charge on any atom is 0.334 e. The number of aromatic nitrogens is 1. The first-order valence-electron chi connectivity index (χ1n) is 5.87. The Morgan fingerprint density at radius 1 is 1.42 bits per heavy atom. The van der Waals surface area contributed by atoms with Crippen LogP contribution in [0, 0.1) is 0 Å². The fraction of sp³-hybridized carbons (Fsp3) is 0.417. The number of aliphatic hydroxyl groups excluding tert-OH is 1. The number of hydrogen-bond donors (Lipinski definition) is 3. The summed E-state index contributed by atoms with van der Waals surface area (Å²) in [5.41, 5.74) is 0.922. The number of hydrogen-bond acceptors (Lipinski definition) is 4. The molecule has 0 aliphatic heterocycles. The van der Waals surface area contributed by atoms with Crippen LogP contribution in [-0.2, 0) is 11.3 Å². The van der Waals surface area contributed by atoms with Crippen molar-refractivity contribution in [1.29, 1.82) is 0 Å². The molecule has 3 N–H and O–H groups in total. The van der Waals surface area contributed by atoms with Gasteiger partial charge in [-0.25, -0.2) is 9.59 Å². The number of carboxylic acid groups (broad SMARTS) is 1. The van der Waals surface area contributed by atoms with Crippen molar-refractivity contribution in [2.45, 2.75) is 19.6 Å². The highest BCUT2D eigenvalue weighted by molar-refractivity contribution is 5.76. The van der Waals surface area contributed by atoms with E-state index in [1.165, 1.54) is 4.90 Å². The molecule has 1 rings (SSSR count). The van der Waals surface area contributed by atoms with E-state index in [-0.39, 0.29) is 6.54 Å². The SMILES string of the molecule is CCN(Cc1ccncc1)C(=O)NC[C@H](O)C(=O)O. The second kappa shape index (κ2) is 7.32. The van der Waals surface area contributed by atoms with Crippen LogP contribution in [0.1, 0.15) is 12.5 Å². The average molecular weight is 267 g/mol. The summed E-state index contributed by atoms with van der Waals surface area (Å²) in [5, 5.41) is 20.0. The lowest BCUT2D eigenvalue weighted by atomic mass is 10.2. The topological polar surface area (TPSA) is 103 Å². The Morgan fingerprint density at radius 2 is 2.05 bits per heavy atom. The molecule has 0 radical (unpaired) electrons. The first kappa shape index (κ1) is 14.9. The highest BCUT2D eigenvalue weighted by atomic mass is 16.4. The van der Waals surface area contributed by atoms with E-state index in [0.29, 0.717) is 13.1 Å². The van der Waals surface area contributed by atoms with Crippen molar-refractivity contribution in [2.75, 3.05) is 13.1 Å². The van der Waals surface area contributed by atoms with Crippen LogP contribution in [0.25, 0.3) is 0 Å². The first-order valence-corrected chi connectivity index (χ1v) is 5.87. The molecule has 0 spiro atoms. The van der Waals surface area contributed by atoms with Crippen LogP contribution in [0.4, 0.5) is 4.79 Å². The van der Waals surface area contributed by atoms with Gasteiger partial charge in [-0.3, -0.25) is 4.98 Å². The molecule has 0 aromatic carbocycles. The van der Waals surface area contributed by atoms with Crippen LogP contribution >= 0.6 is 0 Å². The number of aliphatic hydroxyl groups is 1. The molecule has 0 aliphatic carbocycles. The summed E-state index contributed by atoms with van der Waals surface area (Å²) in [4.78, 5) is 27.6. The number of rotatable bonds is 6. The summed E-state index contributed by atoms with van der Waals surface area (Å²) in [6, 6.07) is 3.17. The third-order valence-corrected chi connectivity index (χ3v) is 2.52. The van der Waals surface area contributed by atoms with E-state index in [2.05, 4.69) is 10.3 Å². The Morgan fingerprint density at radius 3 is 2.58 bits per heavy atom. The average Bonchev–Trinajstić information content (AvgIpc) is 2.42. The normalized spacial score (nSPS) is 11.7. The lowest BCUT2D eigenvalue weighted by Gasteiger charge is -2.21. The number of aliphatic carboxylic acids is 1. The zero-order chi connectivity index (χ0) is 14.3. The molecular formula is C12H17N3O4.